The first kappa shape index (κ1) is 49.2. The molecule has 0 amide bonds. The molecule has 0 heterocycles. The summed E-state index contributed by atoms with van der Waals surface area (Å²) in [5.41, 5.74) is 2.49. The van der Waals surface area contributed by atoms with Gasteiger partial charge in [-0.2, -0.15) is 0 Å². The van der Waals surface area contributed by atoms with E-state index < -0.39 is 28.1 Å². The smallest absolute Gasteiger partial charge is 0.162 e. The van der Waals surface area contributed by atoms with E-state index in [1.54, 1.807) is 0 Å². The van der Waals surface area contributed by atoms with Crippen molar-refractivity contribution < 1.29 is 18.4 Å². The van der Waals surface area contributed by atoms with Crippen LogP contribution in [0.5, 0.6) is 0 Å². The van der Waals surface area contributed by atoms with Gasteiger partial charge in [0.1, 0.15) is 6.10 Å². The largest absolute Gasteiger partial charge is 0.347 e. The Morgan fingerprint density at radius 1 is 0.791 bits per heavy atom. The molecule has 0 saturated heterocycles. The van der Waals surface area contributed by atoms with Crippen molar-refractivity contribution in [3.8, 4) is 0 Å². The van der Waals surface area contributed by atoms with Crippen LogP contribution < -0.4 is 0 Å². The van der Waals surface area contributed by atoms with Crippen LogP contribution in [0.1, 0.15) is 40.0 Å². The van der Waals surface area contributed by atoms with Crippen molar-refractivity contribution in [1.82, 2.24) is 0 Å². The van der Waals surface area contributed by atoms with Gasteiger partial charge in [0.2, 0.25) is 0 Å². The summed E-state index contributed by atoms with van der Waals surface area (Å²) in [7, 11) is 39.6. The van der Waals surface area contributed by atoms with Crippen LogP contribution in [-0.2, 0) is 18.4 Å². The fourth-order valence-electron chi connectivity index (χ4n) is 5.17. The second-order valence-corrected chi connectivity index (χ2v) is 94.4. The fraction of sp³-hybridized carbons (Fsp3) is 0.786. The summed E-state index contributed by atoms with van der Waals surface area (Å²) in [4.78, 5) is 13.9. The van der Waals surface area contributed by atoms with Crippen molar-refractivity contribution in [2.45, 2.75) is 58.3 Å². The summed E-state index contributed by atoms with van der Waals surface area (Å²) in [5.74, 6) is 0.271. The Morgan fingerprint density at radius 3 is 1.79 bits per heavy atom. The lowest BCUT2D eigenvalue weighted by Crippen LogP contribution is -2.50. The Hall–Kier alpha value is 10.0. The summed E-state index contributed by atoms with van der Waals surface area (Å²) in [6.45, 7) is 4.51. The lowest BCUT2D eigenvalue weighted by atomic mass is 9.59. The highest BCUT2D eigenvalue weighted by Gasteiger charge is 2.53. The molecule has 0 aromatic rings. The third-order valence-electron chi connectivity index (χ3n) is 6.96. The molecule has 1 saturated carbocycles. The van der Waals surface area contributed by atoms with Gasteiger partial charge in [0, 0.05) is 41.8 Å². The molecule has 252 valence electrons. The summed E-state index contributed by atoms with van der Waals surface area (Å²) >= 11 is 0. The molecule has 0 radical (unpaired) electrons. The zero-order valence-corrected chi connectivity index (χ0v) is 50.0. The minimum Gasteiger partial charge on any atom is -0.347 e. The molecular weight excluding hydrogens is 1010 g/mol. The first-order valence-electron chi connectivity index (χ1n) is 12.3. The number of carbonyl (C=O) groups is 1. The van der Waals surface area contributed by atoms with Gasteiger partial charge in [0.15, 0.2) is 5.78 Å². The number of hydrogen-bond donors (Lipinski definition) is 0. The van der Waals surface area contributed by atoms with Gasteiger partial charge in [0.05, 0.1) is 27.3 Å². The monoisotopic (exact) mass is 1050 g/mol. The topological polar surface area (TPSA) is 44.8 Å². The first-order chi connectivity index (χ1) is 19.9. The maximum atomic E-state index is 13.9. The molecule has 20 unspecified atom stereocenters. The van der Waals surface area contributed by atoms with Crippen molar-refractivity contribution >= 4 is 209 Å². The van der Waals surface area contributed by atoms with Gasteiger partial charge >= 0.3 is 0 Å². The normalized spacial score (nSPS) is 28.4. The van der Waals surface area contributed by atoms with E-state index in [1.807, 2.05) is 0 Å². The molecule has 4 nitrogen and oxygen atoms in total. The van der Waals surface area contributed by atoms with Gasteiger partial charge in [0.25, 0.3) is 0 Å². The Labute approximate surface area is 305 Å². The molecule has 2 aliphatic carbocycles. The van der Waals surface area contributed by atoms with Crippen LogP contribution in [0.15, 0.2) is 11.1 Å². The zero-order valence-electron chi connectivity index (χ0n) is 24.0. The van der Waals surface area contributed by atoms with Gasteiger partial charge in [-0.1, -0.05) is 39.7 Å². The number of rotatable bonds is 15. The van der Waals surface area contributed by atoms with Crippen molar-refractivity contribution in [3.05, 3.63) is 11.1 Å². The highest BCUT2D eigenvalue weighted by Crippen LogP contribution is 3.18. The average Bonchev–Trinajstić information content (AvgIpc) is 2.89. The maximum Gasteiger partial charge on any atom is 0.162 e. The molecule has 0 aromatic carbocycles. The van der Waals surface area contributed by atoms with Crippen LogP contribution in [0.3, 0.4) is 0 Å². The molecule has 0 aliphatic heterocycles. The van der Waals surface area contributed by atoms with E-state index >= 15 is 0 Å². The van der Waals surface area contributed by atoms with Crippen LogP contribution in [0.4, 0.5) is 0 Å². The predicted octanol–water partition coefficient (Wildman–Crippen LogP) is 16.3. The summed E-state index contributed by atoms with van der Waals surface area (Å²) in [6.07, 6.45) is 1.51. The molecular formula is C14H47O4P25. The van der Waals surface area contributed by atoms with Crippen molar-refractivity contribution in [1.29, 1.82) is 0 Å². The Morgan fingerprint density at radius 2 is 1.35 bits per heavy atom. The number of Topliss-reactive ketones (excluding diaryl/α,β-unsaturated/α-hetero) is 1. The number of ketones is 1. The van der Waals surface area contributed by atoms with Gasteiger partial charge in [-0.3, -0.25) is 4.79 Å². The average molecular weight is 1050 g/mol. The zero-order chi connectivity index (χ0) is 33.0. The lowest BCUT2D eigenvalue weighted by molar-refractivity contribution is -0.132. The number of hydrogen-bond acceptors (Lipinski definition) is 4. The van der Waals surface area contributed by atoms with Gasteiger partial charge in [-0.05, 0) is 71.3 Å². The molecule has 0 spiro atoms. The van der Waals surface area contributed by atoms with Crippen LogP contribution in [0.25, 0.3) is 0 Å². The molecule has 2 aliphatic rings. The highest BCUT2D eigenvalue weighted by molar-refractivity contribution is 9.19. The molecule has 29 heteroatoms. The molecule has 2 rings (SSSR count). The van der Waals surface area contributed by atoms with Crippen molar-refractivity contribution in [2.75, 3.05) is 0 Å². The Bertz CT molecular complexity index is 926. The van der Waals surface area contributed by atoms with E-state index in [0.29, 0.717) is 12.8 Å². The van der Waals surface area contributed by atoms with E-state index in [-0.39, 0.29) is 86.7 Å². The molecule has 23 atom stereocenters. The quantitative estimate of drug-likeness (QED) is 0.121. The van der Waals surface area contributed by atoms with Gasteiger partial charge in [-0.25, -0.2) is 0 Å². The minimum absolute atomic E-state index is 0.0316. The molecule has 0 aromatic heterocycles. The first-order valence-corrected chi connectivity index (χ1v) is 55.4. The highest BCUT2D eigenvalue weighted by atomic mass is 33.2. The van der Waals surface area contributed by atoms with Gasteiger partial charge < -0.3 is 13.6 Å². The van der Waals surface area contributed by atoms with Crippen molar-refractivity contribution in [2.24, 2.45) is 11.3 Å². The third-order valence-corrected chi connectivity index (χ3v) is 126. The standard InChI is InChI=1S/C14H47O4P25/c1-7-11(18-35(41(31)37(23)24)43(39(27)28)40(29)30)6-8-13(16-32-19)9(15)4-5-10(12(7)14(8,2)3)17-34(36(21)22)42(33-20)38(25)26/h8,10-11,13,32-33H,4-6,19-31H2,1-3H3/t8?,10-,11+,13-,34?,35?,41?,42?/m1/s1. The molecule has 2 bridgehead atoms. The van der Waals surface area contributed by atoms with E-state index in [9.17, 15) is 4.79 Å². The second kappa shape index (κ2) is 24.1. The van der Waals surface area contributed by atoms with Gasteiger partial charge in [-0.15, -0.1) is 98.2 Å². The van der Waals surface area contributed by atoms with E-state index in [2.05, 4.69) is 137 Å². The number of fused-ring (bicyclic) bond motifs is 2. The minimum atomic E-state index is -0.664. The lowest BCUT2D eigenvalue weighted by Gasteiger charge is -2.52. The summed E-state index contributed by atoms with van der Waals surface area (Å²) in [5, 5.41) is 0. The van der Waals surface area contributed by atoms with Crippen molar-refractivity contribution in [3.63, 3.8) is 0 Å². The SMILES string of the molecule is CC1=C2[C@H](OP(P(P)P)P(PP)P(P)P)CCC(=O)[C@H](OPP)C(C[C@@H]1OP(P(P)P(P)P)P(P(P)P)P(P)P)C2(C)C. The van der Waals surface area contributed by atoms with E-state index in [0.717, 1.165) is 14.4 Å². The Balaban J connectivity index is 2.75. The molecule has 0 N–H and O–H groups in total. The van der Waals surface area contributed by atoms with E-state index in [1.165, 1.54) is 11.1 Å². The third kappa shape index (κ3) is 14.1. The second-order valence-electron chi connectivity index (χ2n) is 9.92. The predicted molar refractivity (Wildman–Crippen MR) is 276 cm³/mol. The number of carbonyl (C=O) groups excluding carboxylic acids is 1. The molecule has 43 heavy (non-hydrogen) atoms. The van der Waals surface area contributed by atoms with Crippen LogP contribution in [0, 0.1) is 11.3 Å². The van der Waals surface area contributed by atoms with E-state index in [4.69, 9.17) is 13.6 Å². The van der Waals surface area contributed by atoms with Crippen LogP contribution in [-0.4, -0.2) is 24.1 Å². The summed E-state index contributed by atoms with van der Waals surface area (Å²) in [6, 6.07) is 0. The fourth-order valence-corrected chi connectivity index (χ4v) is 168. The maximum absolute atomic E-state index is 13.9. The Kier molecular flexibility index (Phi) is 27.5. The van der Waals surface area contributed by atoms with Crippen LogP contribution >= 0.6 is 203 Å². The summed E-state index contributed by atoms with van der Waals surface area (Å²) < 4.78 is 21.2. The molecule has 1 fully saturated rings. The van der Waals surface area contributed by atoms with Crippen LogP contribution in [0.2, 0.25) is 0 Å².